The predicted octanol–water partition coefficient (Wildman–Crippen LogP) is 4.55. The van der Waals surface area contributed by atoms with Gasteiger partial charge in [-0.05, 0) is 97.5 Å². The lowest BCUT2D eigenvalue weighted by atomic mass is 9.83. The van der Waals surface area contributed by atoms with E-state index in [-0.39, 0.29) is 18.2 Å². The lowest BCUT2D eigenvalue weighted by molar-refractivity contribution is -0.136. The van der Waals surface area contributed by atoms with Crippen LogP contribution < -0.4 is 15.5 Å². The first-order chi connectivity index (χ1) is 25.2. The smallest absolute Gasteiger partial charge is 0.255 e. The summed E-state index contributed by atoms with van der Waals surface area (Å²) in [6.45, 7) is 6.58. The van der Waals surface area contributed by atoms with Gasteiger partial charge >= 0.3 is 0 Å². The molecule has 4 aliphatic rings. The number of carbonyl (C=O) groups is 3. The molecule has 12 heteroatoms. The molecule has 0 aliphatic carbocycles. The van der Waals surface area contributed by atoms with E-state index in [0.717, 1.165) is 68.2 Å². The van der Waals surface area contributed by atoms with Crippen LogP contribution in [-0.2, 0) is 28.3 Å². The Hall–Kier alpha value is -5.20. The lowest BCUT2D eigenvalue weighted by Gasteiger charge is -2.39. The van der Waals surface area contributed by atoms with Crippen molar-refractivity contribution in [2.45, 2.75) is 76.1 Å². The molecule has 1 unspecified atom stereocenters. The molecule has 3 amide bonds. The summed E-state index contributed by atoms with van der Waals surface area (Å²) in [6, 6.07) is 19.9. The summed E-state index contributed by atoms with van der Waals surface area (Å²) in [4.78, 5) is 56.8. The SMILES string of the molecule is Cc1ccnc(Nc2ccc(C3CCN(c4ccc(CN5CCC(O)(c6ccc7c(c6)CN(C6CCC(=O)NC6=O)C7=O)CC5)cc4)CC3)cn2)n1. The van der Waals surface area contributed by atoms with Crippen LogP contribution in [0.15, 0.2) is 73.1 Å². The van der Waals surface area contributed by atoms with Crippen molar-refractivity contribution >= 4 is 35.2 Å². The molecule has 2 aromatic carbocycles. The first kappa shape index (κ1) is 33.9. The molecular weight excluding hydrogens is 656 g/mol. The number of rotatable bonds is 8. The Kier molecular flexibility index (Phi) is 9.18. The third kappa shape index (κ3) is 7.00. The summed E-state index contributed by atoms with van der Waals surface area (Å²) >= 11 is 0. The average Bonchev–Trinajstić information content (AvgIpc) is 3.48. The van der Waals surface area contributed by atoms with Crippen molar-refractivity contribution in [1.29, 1.82) is 0 Å². The van der Waals surface area contributed by atoms with Crippen LogP contribution in [0.2, 0.25) is 0 Å². The molecule has 0 radical (unpaired) electrons. The Morgan fingerprint density at radius 1 is 0.923 bits per heavy atom. The Bertz CT molecular complexity index is 1970. The van der Waals surface area contributed by atoms with E-state index >= 15 is 0 Å². The number of anilines is 3. The first-order valence-electron chi connectivity index (χ1n) is 18.3. The zero-order valence-electron chi connectivity index (χ0n) is 29.4. The van der Waals surface area contributed by atoms with E-state index in [4.69, 9.17) is 0 Å². The number of amides is 3. The number of fused-ring (bicyclic) bond motifs is 1. The van der Waals surface area contributed by atoms with Gasteiger partial charge in [-0.3, -0.25) is 24.6 Å². The zero-order chi connectivity index (χ0) is 35.8. The maximum absolute atomic E-state index is 13.1. The fourth-order valence-corrected chi connectivity index (χ4v) is 8.12. The lowest BCUT2D eigenvalue weighted by Crippen LogP contribution is -2.52. The van der Waals surface area contributed by atoms with Gasteiger partial charge in [0.05, 0.1) is 5.60 Å². The molecule has 0 bridgehead atoms. The molecule has 0 spiro atoms. The van der Waals surface area contributed by atoms with E-state index in [0.29, 0.717) is 43.2 Å². The van der Waals surface area contributed by atoms with Gasteiger partial charge in [-0.1, -0.05) is 30.3 Å². The summed E-state index contributed by atoms with van der Waals surface area (Å²) in [5, 5.41) is 17.2. The number of likely N-dealkylation sites (tertiary alicyclic amines) is 1. The number of aliphatic hydroxyl groups is 1. The van der Waals surface area contributed by atoms with Gasteiger partial charge in [-0.25, -0.2) is 15.0 Å². The van der Waals surface area contributed by atoms with Gasteiger partial charge in [0.25, 0.3) is 5.91 Å². The molecule has 4 aliphatic heterocycles. The van der Waals surface area contributed by atoms with E-state index in [2.05, 4.69) is 65.7 Å². The second-order valence-electron chi connectivity index (χ2n) is 14.6. The standard InChI is InChI=1S/C40H44N8O4/c1-26-12-17-41-39(43-26)44-35-10-4-29(23-42-35)28-13-18-47(19-14-28)32-6-2-27(3-7-32)24-46-20-15-40(52,16-21-46)31-5-8-33-30(22-31)25-48(38(33)51)34-9-11-36(49)45-37(34)50/h2-8,10,12,17,22-23,28,34,52H,9,11,13-16,18-21,24-25H2,1H3,(H,45,49,50)(H,41,42,43,44). The van der Waals surface area contributed by atoms with Crippen molar-refractivity contribution in [3.8, 4) is 0 Å². The van der Waals surface area contributed by atoms with Crippen molar-refractivity contribution < 1.29 is 19.5 Å². The van der Waals surface area contributed by atoms with Crippen LogP contribution in [0, 0.1) is 6.92 Å². The second-order valence-corrected chi connectivity index (χ2v) is 14.6. The normalized spacial score (nSPS) is 20.9. The Balaban J connectivity index is 0.811. The number of hydrogen-bond acceptors (Lipinski definition) is 10. The summed E-state index contributed by atoms with van der Waals surface area (Å²) in [5.41, 5.74) is 5.90. The number of aromatic nitrogens is 3. The van der Waals surface area contributed by atoms with Crippen molar-refractivity contribution in [1.82, 2.24) is 30.1 Å². The van der Waals surface area contributed by atoms with E-state index < -0.39 is 17.6 Å². The average molecular weight is 701 g/mol. The summed E-state index contributed by atoms with van der Waals surface area (Å²) in [6.07, 6.45) is 7.61. The van der Waals surface area contributed by atoms with Gasteiger partial charge in [-0.2, -0.15) is 0 Å². The molecule has 3 N–H and O–H groups in total. The highest BCUT2D eigenvalue weighted by molar-refractivity contribution is 6.05. The molecule has 12 nitrogen and oxygen atoms in total. The number of hydrogen-bond donors (Lipinski definition) is 3. The Labute approximate surface area is 303 Å². The fourth-order valence-electron chi connectivity index (χ4n) is 8.12. The largest absolute Gasteiger partial charge is 0.385 e. The minimum atomic E-state index is -0.974. The molecular formula is C40H44N8O4. The van der Waals surface area contributed by atoms with E-state index in [9.17, 15) is 19.5 Å². The van der Waals surface area contributed by atoms with Gasteiger partial charge in [0.1, 0.15) is 11.9 Å². The number of nitrogens with one attached hydrogen (secondary N) is 2. The van der Waals surface area contributed by atoms with Crippen molar-refractivity contribution in [3.05, 3.63) is 107 Å². The van der Waals surface area contributed by atoms with E-state index in [1.165, 1.54) is 16.8 Å². The minimum Gasteiger partial charge on any atom is -0.385 e. The molecule has 4 aromatic rings. The molecule has 52 heavy (non-hydrogen) atoms. The van der Waals surface area contributed by atoms with E-state index in [1.54, 1.807) is 17.2 Å². The first-order valence-corrected chi connectivity index (χ1v) is 18.3. The molecule has 0 saturated carbocycles. The van der Waals surface area contributed by atoms with Crippen LogP contribution in [0.25, 0.3) is 0 Å². The summed E-state index contributed by atoms with van der Waals surface area (Å²) < 4.78 is 0. The molecule has 2 aromatic heterocycles. The quantitative estimate of drug-likeness (QED) is 0.224. The fraction of sp³-hybridized carbons (Fsp3) is 0.400. The predicted molar refractivity (Wildman–Crippen MR) is 196 cm³/mol. The number of nitrogens with zero attached hydrogens (tertiary/aromatic N) is 6. The van der Waals surface area contributed by atoms with Crippen molar-refractivity contribution in [3.63, 3.8) is 0 Å². The number of piperidine rings is 3. The van der Waals surface area contributed by atoms with Gasteiger partial charge in [0.2, 0.25) is 17.8 Å². The molecule has 3 saturated heterocycles. The number of imide groups is 1. The van der Waals surface area contributed by atoms with Crippen LogP contribution in [0.5, 0.6) is 0 Å². The third-order valence-electron chi connectivity index (χ3n) is 11.2. The third-order valence-corrected chi connectivity index (χ3v) is 11.2. The monoisotopic (exact) mass is 700 g/mol. The van der Waals surface area contributed by atoms with Gasteiger partial charge in [0, 0.05) is 75.0 Å². The molecule has 268 valence electrons. The number of carbonyl (C=O) groups excluding carboxylic acids is 3. The van der Waals surface area contributed by atoms with E-state index in [1.807, 2.05) is 37.4 Å². The maximum Gasteiger partial charge on any atom is 0.255 e. The van der Waals surface area contributed by atoms with Crippen LogP contribution in [-0.4, -0.2) is 79.8 Å². The molecule has 8 rings (SSSR count). The maximum atomic E-state index is 13.1. The van der Waals surface area contributed by atoms with Gasteiger partial charge in [0.15, 0.2) is 0 Å². The Morgan fingerprint density at radius 3 is 2.42 bits per heavy atom. The van der Waals surface area contributed by atoms with Crippen molar-refractivity contribution in [2.24, 2.45) is 0 Å². The Morgan fingerprint density at radius 2 is 1.71 bits per heavy atom. The topological polar surface area (TPSA) is 144 Å². The van der Waals surface area contributed by atoms with Gasteiger partial charge in [-0.15, -0.1) is 0 Å². The van der Waals surface area contributed by atoms with Crippen LogP contribution in [0.3, 0.4) is 0 Å². The summed E-state index contributed by atoms with van der Waals surface area (Å²) in [5.74, 6) is 0.863. The highest BCUT2D eigenvalue weighted by Gasteiger charge is 2.41. The van der Waals surface area contributed by atoms with Crippen LogP contribution >= 0.6 is 0 Å². The summed E-state index contributed by atoms with van der Waals surface area (Å²) in [7, 11) is 0. The minimum absolute atomic E-state index is 0.198. The highest BCUT2D eigenvalue weighted by Crippen LogP contribution is 2.37. The molecule has 3 fully saturated rings. The number of pyridine rings is 1. The zero-order valence-corrected chi connectivity index (χ0v) is 29.4. The number of aryl methyl sites for hydroxylation is 1. The second kappa shape index (κ2) is 14.1. The van der Waals surface area contributed by atoms with Crippen LogP contribution in [0.4, 0.5) is 17.5 Å². The van der Waals surface area contributed by atoms with Crippen LogP contribution in [0.1, 0.15) is 82.7 Å². The number of benzene rings is 2. The highest BCUT2D eigenvalue weighted by atomic mass is 16.3. The molecule has 6 heterocycles. The molecule has 1 atom stereocenters. The van der Waals surface area contributed by atoms with Gasteiger partial charge < -0.3 is 20.2 Å². The van der Waals surface area contributed by atoms with Crippen molar-refractivity contribution in [2.75, 3.05) is 36.4 Å².